The number of anilines is 3. The normalized spacial score (nSPS) is 13.5. The third-order valence-corrected chi connectivity index (χ3v) is 14.0. The van der Waals surface area contributed by atoms with Gasteiger partial charge < -0.3 is 9.32 Å². The number of fused-ring (bicyclic) bond motifs is 8. The minimum Gasteiger partial charge on any atom is -0.456 e. The first-order chi connectivity index (χ1) is 32.2. The second-order valence-corrected chi connectivity index (χ2v) is 17.5. The van der Waals surface area contributed by atoms with Gasteiger partial charge in [0.05, 0.1) is 11.1 Å². The Balaban J connectivity index is 1.04. The molecule has 1 heterocycles. The van der Waals surface area contributed by atoms with Crippen molar-refractivity contribution in [1.29, 1.82) is 0 Å². The maximum absolute atomic E-state index is 6.50. The largest absolute Gasteiger partial charge is 0.456 e. The number of nitrogens with zero attached hydrogens (tertiary/aromatic N) is 1. The molecule has 0 unspecified atom stereocenters. The van der Waals surface area contributed by atoms with Crippen LogP contribution in [-0.2, 0) is 11.8 Å². The molecule has 2 aliphatic carbocycles. The van der Waals surface area contributed by atoms with E-state index < -0.39 is 5.41 Å². The van der Waals surface area contributed by atoms with Crippen LogP contribution in [0.4, 0.5) is 17.1 Å². The molecule has 306 valence electrons. The first kappa shape index (κ1) is 37.4. The Morgan fingerprint density at radius 3 is 1.85 bits per heavy atom. The van der Waals surface area contributed by atoms with Gasteiger partial charge >= 0.3 is 0 Å². The molecule has 65 heavy (non-hydrogen) atoms. The molecule has 1 aromatic heterocycles. The Bertz CT molecular complexity index is 3610. The maximum Gasteiger partial charge on any atom is 0.136 e. The van der Waals surface area contributed by atoms with Gasteiger partial charge in [-0.25, -0.2) is 0 Å². The Labute approximate surface area is 379 Å². The molecule has 0 amide bonds. The van der Waals surface area contributed by atoms with Crippen molar-refractivity contribution in [1.82, 2.24) is 0 Å². The fourth-order valence-electron chi connectivity index (χ4n) is 11.1. The molecule has 2 heteroatoms. The van der Waals surface area contributed by atoms with Crippen LogP contribution in [0.3, 0.4) is 0 Å². The summed E-state index contributed by atoms with van der Waals surface area (Å²) in [5, 5.41) is 4.62. The fourth-order valence-corrected chi connectivity index (χ4v) is 11.1. The number of rotatable bonds is 7. The van der Waals surface area contributed by atoms with Gasteiger partial charge in [0.15, 0.2) is 0 Å². The van der Waals surface area contributed by atoms with Crippen molar-refractivity contribution in [3.05, 3.63) is 264 Å². The Morgan fingerprint density at radius 1 is 0.415 bits per heavy atom. The van der Waals surface area contributed by atoms with Crippen LogP contribution in [0.5, 0.6) is 0 Å². The van der Waals surface area contributed by atoms with Crippen LogP contribution in [-0.4, -0.2) is 0 Å². The van der Waals surface area contributed by atoms with Gasteiger partial charge in [0.25, 0.3) is 0 Å². The average molecular weight is 830 g/mol. The van der Waals surface area contributed by atoms with E-state index >= 15 is 0 Å². The summed E-state index contributed by atoms with van der Waals surface area (Å²) in [6.07, 6.45) is 6.78. The van der Waals surface area contributed by atoms with Crippen molar-refractivity contribution in [3.63, 3.8) is 0 Å². The van der Waals surface area contributed by atoms with Crippen LogP contribution in [0, 0.1) is 0 Å². The molecule has 0 fully saturated rings. The van der Waals surface area contributed by atoms with Crippen LogP contribution in [0.15, 0.2) is 235 Å². The zero-order valence-corrected chi connectivity index (χ0v) is 35.8. The molecule has 10 aromatic carbocycles. The number of aryl methyl sites for hydroxylation is 1. The van der Waals surface area contributed by atoms with Crippen molar-refractivity contribution in [3.8, 4) is 33.4 Å². The molecule has 0 saturated carbocycles. The van der Waals surface area contributed by atoms with E-state index in [-0.39, 0.29) is 0 Å². The zero-order chi connectivity index (χ0) is 42.9. The standard InChI is InChI=1S/C63H43NO/c1-3-20-47(21-4-1)63(48-22-5-2-6-23-48)58-28-13-11-26-54(58)55-36-35-50(41-59(55)63)64(49-33-30-43(31-34-49)52-27-15-19-42-16-9-10-24-51(42)52)60-29-14-12-25-53(60)46-32-37-61-56(39-46)57-38-44-17-7-8-18-45(44)40-62(57)65-61/h1-8,10-15,17-41H,9,16H2. The summed E-state index contributed by atoms with van der Waals surface area (Å²) in [5.41, 5.74) is 19.6. The van der Waals surface area contributed by atoms with Gasteiger partial charge in [-0.05, 0) is 139 Å². The summed E-state index contributed by atoms with van der Waals surface area (Å²) in [6, 6.07) is 82.7. The smallest absolute Gasteiger partial charge is 0.136 e. The highest BCUT2D eigenvalue weighted by molar-refractivity contribution is 6.11. The molecule has 2 aliphatic rings. The van der Waals surface area contributed by atoms with Gasteiger partial charge in [-0.1, -0.05) is 182 Å². The molecular weight excluding hydrogens is 787 g/mol. The Morgan fingerprint density at radius 2 is 1.05 bits per heavy atom. The van der Waals surface area contributed by atoms with Crippen molar-refractivity contribution in [2.45, 2.75) is 18.3 Å². The molecule has 0 N–H and O–H groups in total. The third kappa shape index (κ3) is 5.88. The van der Waals surface area contributed by atoms with Crippen LogP contribution in [0.2, 0.25) is 0 Å². The number of hydrogen-bond acceptors (Lipinski definition) is 2. The predicted molar refractivity (Wildman–Crippen MR) is 271 cm³/mol. The first-order valence-corrected chi connectivity index (χ1v) is 22.7. The summed E-state index contributed by atoms with van der Waals surface area (Å²) in [6.45, 7) is 0. The first-order valence-electron chi connectivity index (χ1n) is 22.7. The van der Waals surface area contributed by atoms with E-state index in [1.165, 1.54) is 66.4 Å². The lowest BCUT2D eigenvalue weighted by atomic mass is 9.67. The quantitative estimate of drug-likeness (QED) is 0.159. The lowest BCUT2D eigenvalue weighted by Gasteiger charge is -2.35. The van der Waals surface area contributed by atoms with Crippen molar-refractivity contribution in [2.75, 3.05) is 4.90 Å². The number of para-hydroxylation sites is 1. The van der Waals surface area contributed by atoms with E-state index in [9.17, 15) is 0 Å². The summed E-state index contributed by atoms with van der Waals surface area (Å²) in [5.74, 6) is 0. The maximum atomic E-state index is 6.50. The lowest BCUT2D eigenvalue weighted by molar-refractivity contribution is 0.669. The number of hydrogen-bond donors (Lipinski definition) is 0. The Hall–Kier alpha value is -8.20. The molecule has 13 rings (SSSR count). The van der Waals surface area contributed by atoms with Crippen LogP contribution >= 0.6 is 0 Å². The summed E-state index contributed by atoms with van der Waals surface area (Å²) < 4.78 is 6.50. The highest BCUT2D eigenvalue weighted by atomic mass is 16.3. The molecule has 0 aliphatic heterocycles. The summed E-state index contributed by atoms with van der Waals surface area (Å²) in [7, 11) is 0. The molecule has 0 atom stereocenters. The van der Waals surface area contributed by atoms with E-state index in [4.69, 9.17) is 4.42 Å². The second-order valence-electron chi connectivity index (χ2n) is 17.5. The minimum atomic E-state index is -0.531. The lowest BCUT2D eigenvalue weighted by Crippen LogP contribution is -2.28. The highest BCUT2D eigenvalue weighted by Gasteiger charge is 2.46. The molecule has 0 radical (unpaired) electrons. The number of benzene rings is 10. The van der Waals surface area contributed by atoms with Crippen LogP contribution < -0.4 is 4.90 Å². The van der Waals surface area contributed by atoms with Crippen molar-refractivity contribution in [2.24, 2.45) is 0 Å². The number of furan rings is 1. The average Bonchev–Trinajstić information content (AvgIpc) is 3.88. The molecule has 0 bridgehead atoms. The summed E-state index contributed by atoms with van der Waals surface area (Å²) in [4.78, 5) is 2.47. The molecule has 0 saturated heterocycles. The molecular formula is C63H43NO. The van der Waals surface area contributed by atoms with E-state index in [1.807, 2.05) is 0 Å². The predicted octanol–water partition coefficient (Wildman–Crippen LogP) is 16.9. The monoisotopic (exact) mass is 829 g/mol. The third-order valence-electron chi connectivity index (χ3n) is 14.0. The van der Waals surface area contributed by atoms with Crippen molar-refractivity contribution < 1.29 is 4.42 Å². The van der Waals surface area contributed by atoms with Gasteiger partial charge in [0.2, 0.25) is 0 Å². The van der Waals surface area contributed by atoms with E-state index in [1.54, 1.807) is 0 Å². The highest BCUT2D eigenvalue weighted by Crippen LogP contribution is 2.57. The molecule has 11 aromatic rings. The second kappa shape index (κ2) is 15.0. The number of allylic oxidation sites excluding steroid dienone is 1. The van der Waals surface area contributed by atoms with E-state index in [2.05, 4.69) is 242 Å². The van der Waals surface area contributed by atoms with Gasteiger partial charge in [-0.15, -0.1) is 0 Å². The van der Waals surface area contributed by atoms with E-state index in [0.29, 0.717) is 0 Å². The minimum absolute atomic E-state index is 0.531. The topological polar surface area (TPSA) is 16.4 Å². The van der Waals surface area contributed by atoms with Crippen LogP contribution in [0.1, 0.15) is 39.8 Å². The molecule has 2 nitrogen and oxygen atoms in total. The van der Waals surface area contributed by atoms with Gasteiger partial charge in [0, 0.05) is 27.7 Å². The SMILES string of the molecule is C1=Cc2c(cccc2-c2ccc(N(c3ccc4c(c3)C(c3ccccc3)(c3ccccc3)c3ccccc3-4)c3ccccc3-c3ccc4oc5cc6ccccc6cc5c4c3)cc2)CC1. The zero-order valence-electron chi connectivity index (χ0n) is 35.8. The van der Waals surface area contributed by atoms with Gasteiger partial charge in [0.1, 0.15) is 11.2 Å². The summed E-state index contributed by atoms with van der Waals surface area (Å²) >= 11 is 0. The van der Waals surface area contributed by atoms with Gasteiger partial charge in [-0.3, -0.25) is 0 Å². The van der Waals surface area contributed by atoms with Crippen LogP contribution in [0.25, 0.3) is 72.2 Å². The van der Waals surface area contributed by atoms with Crippen molar-refractivity contribution >= 4 is 55.8 Å². The van der Waals surface area contributed by atoms with E-state index in [0.717, 1.165) is 63.0 Å². The van der Waals surface area contributed by atoms with Gasteiger partial charge in [-0.2, -0.15) is 0 Å². The molecule has 0 spiro atoms. The fraction of sp³-hybridized carbons (Fsp3) is 0.0476. The Kier molecular flexibility index (Phi) is 8.60.